The minimum absolute atomic E-state index is 0.00231. The minimum Gasteiger partial charge on any atom is -0.459 e. The second kappa shape index (κ2) is 3.84. The van der Waals surface area contributed by atoms with Crippen LogP contribution in [0.1, 0.15) is 39.0 Å². The predicted molar refractivity (Wildman–Crippen MR) is 63.2 cm³/mol. The van der Waals surface area contributed by atoms with Crippen molar-refractivity contribution in [3.05, 3.63) is 12.2 Å². The summed E-state index contributed by atoms with van der Waals surface area (Å²) in [4.78, 5) is 12.2. The van der Waals surface area contributed by atoms with E-state index >= 15 is 0 Å². The van der Waals surface area contributed by atoms with Crippen LogP contribution in [0.25, 0.3) is 0 Å². The van der Waals surface area contributed by atoms with Crippen LogP contribution in [0.15, 0.2) is 12.2 Å². The molecular weight excluding hydrogens is 216 g/mol. The summed E-state index contributed by atoms with van der Waals surface area (Å²) in [5.41, 5.74) is -0.242. The zero-order valence-electron chi connectivity index (χ0n) is 10.3. The van der Waals surface area contributed by atoms with Crippen LogP contribution < -0.4 is 0 Å². The summed E-state index contributed by atoms with van der Waals surface area (Å²) in [6.07, 6.45) is 8.71. The van der Waals surface area contributed by atoms with Crippen LogP contribution in [-0.4, -0.2) is 22.8 Å². The number of hydrogen-bond acceptors (Lipinski definition) is 3. The Morgan fingerprint density at radius 3 is 2.59 bits per heavy atom. The lowest BCUT2D eigenvalue weighted by molar-refractivity contribution is -0.164. The number of fused-ring (bicyclic) bond motifs is 2. The third kappa shape index (κ3) is 1.81. The largest absolute Gasteiger partial charge is 0.459 e. The maximum atomic E-state index is 12.2. The number of aliphatic hydroxyl groups is 1. The number of esters is 1. The molecule has 2 bridgehead atoms. The third-order valence-electron chi connectivity index (χ3n) is 4.72. The van der Waals surface area contributed by atoms with Gasteiger partial charge >= 0.3 is 5.97 Å². The summed E-state index contributed by atoms with van der Waals surface area (Å²) < 4.78 is 5.70. The highest BCUT2D eigenvalue weighted by molar-refractivity contribution is 5.74. The van der Waals surface area contributed by atoms with Gasteiger partial charge in [0, 0.05) is 11.8 Å². The van der Waals surface area contributed by atoms with E-state index in [1.165, 1.54) is 0 Å². The van der Waals surface area contributed by atoms with Crippen molar-refractivity contribution in [2.45, 2.75) is 50.7 Å². The standard InChI is InChI=1S/C14H20O3/c1-14(6-2-3-7-14)17-13(16)11-8-9-4-5-10(11)12(9)15/h4-5,9-12,15H,2-3,6-8H2,1H3. The molecule has 0 aromatic heterocycles. The average Bonchev–Trinajstić information content (AvgIpc) is 2.95. The third-order valence-corrected chi connectivity index (χ3v) is 4.72. The van der Waals surface area contributed by atoms with E-state index in [-0.39, 0.29) is 35.4 Å². The van der Waals surface area contributed by atoms with Gasteiger partial charge in [0.25, 0.3) is 0 Å². The first kappa shape index (κ1) is 11.3. The van der Waals surface area contributed by atoms with E-state index in [1.807, 2.05) is 19.1 Å². The predicted octanol–water partition coefficient (Wildman–Crippen LogP) is 2.05. The highest BCUT2D eigenvalue weighted by Gasteiger charge is 2.49. The molecule has 0 aliphatic heterocycles. The van der Waals surface area contributed by atoms with Crippen molar-refractivity contribution in [3.63, 3.8) is 0 Å². The second-order valence-corrected chi connectivity index (χ2v) is 6.04. The molecule has 0 saturated heterocycles. The van der Waals surface area contributed by atoms with Crippen LogP contribution in [0, 0.1) is 17.8 Å². The van der Waals surface area contributed by atoms with Gasteiger partial charge in [-0.1, -0.05) is 12.2 Å². The van der Waals surface area contributed by atoms with Crippen molar-refractivity contribution in [3.8, 4) is 0 Å². The van der Waals surface area contributed by atoms with E-state index in [0.29, 0.717) is 0 Å². The summed E-state index contributed by atoms with van der Waals surface area (Å²) in [6.45, 7) is 2.04. The van der Waals surface area contributed by atoms with Crippen molar-refractivity contribution >= 4 is 5.97 Å². The maximum Gasteiger partial charge on any atom is 0.310 e. The Balaban J connectivity index is 1.66. The molecule has 0 aromatic carbocycles. The van der Waals surface area contributed by atoms with Crippen molar-refractivity contribution in [2.75, 3.05) is 0 Å². The van der Waals surface area contributed by atoms with Crippen LogP contribution in [-0.2, 0) is 9.53 Å². The van der Waals surface area contributed by atoms with Gasteiger partial charge in [-0.25, -0.2) is 0 Å². The van der Waals surface area contributed by atoms with E-state index in [9.17, 15) is 9.90 Å². The van der Waals surface area contributed by atoms with E-state index in [1.54, 1.807) is 0 Å². The normalized spacial score (nSPS) is 42.0. The molecule has 0 radical (unpaired) electrons. The molecular formula is C14H20O3. The topological polar surface area (TPSA) is 46.5 Å². The van der Waals surface area contributed by atoms with Crippen LogP contribution in [0.5, 0.6) is 0 Å². The van der Waals surface area contributed by atoms with Gasteiger partial charge in [-0.2, -0.15) is 0 Å². The molecule has 3 nitrogen and oxygen atoms in total. The summed E-state index contributed by atoms with van der Waals surface area (Å²) in [6, 6.07) is 0. The fourth-order valence-corrected chi connectivity index (χ4v) is 3.62. The lowest BCUT2D eigenvalue weighted by atomic mass is 9.93. The number of carbonyl (C=O) groups is 1. The zero-order valence-corrected chi connectivity index (χ0v) is 10.3. The monoisotopic (exact) mass is 236 g/mol. The number of aliphatic hydroxyl groups excluding tert-OH is 1. The Bertz CT molecular complexity index is 354. The van der Waals surface area contributed by atoms with E-state index in [2.05, 4.69) is 0 Å². The Morgan fingerprint density at radius 2 is 2.06 bits per heavy atom. The van der Waals surface area contributed by atoms with Crippen LogP contribution in [0.2, 0.25) is 0 Å². The first-order chi connectivity index (χ1) is 8.09. The molecule has 17 heavy (non-hydrogen) atoms. The molecule has 0 aromatic rings. The highest BCUT2D eigenvalue weighted by Crippen LogP contribution is 2.45. The lowest BCUT2D eigenvalue weighted by Crippen LogP contribution is -2.33. The molecule has 0 amide bonds. The van der Waals surface area contributed by atoms with Gasteiger partial charge in [0.05, 0.1) is 12.0 Å². The molecule has 94 valence electrons. The zero-order chi connectivity index (χ0) is 12.0. The number of carbonyl (C=O) groups excluding carboxylic acids is 1. The fourth-order valence-electron chi connectivity index (χ4n) is 3.62. The second-order valence-electron chi connectivity index (χ2n) is 6.04. The van der Waals surface area contributed by atoms with E-state index in [4.69, 9.17) is 4.74 Å². The van der Waals surface area contributed by atoms with Gasteiger partial charge in [0.1, 0.15) is 5.60 Å². The van der Waals surface area contributed by atoms with Gasteiger partial charge in [0.15, 0.2) is 0 Å². The van der Waals surface area contributed by atoms with Crippen LogP contribution in [0.4, 0.5) is 0 Å². The SMILES string of the molecule is CC1(OC(=O)C2CC3C=CC2C3O)CCCC1. The summed E-state index contributed by atoms with van der Waals surface area (Å²) in [7, 11) is 0. The first-order valence-electron chi connectivity index (χ1n) is 6.68. The van der Waals surface area contributed by atoms with Gasteiger partial charge < -0.3 is 9.84 Å². The smallest absolute Gasteiger partial charge is 0.310 e. The first-order valence-corrected chi connectivity index (χ1v) is 6.68. The van der Waals surface area contributed by atoms with Gasteiger partial charge in [0.2, 0.25) is 0 Å². The molecule has 3 rings (SSSR count). The molecule has 2 saturated carbocycles. The van der Waals surface area contributed by atoms with Crippen LogP contribution in [0.3, 0.4) is 0 Å². The van der Waals surface area contributed by atoms with E-state index < -0.39 is 0 Å². The fraction of sp³-hybridized carbons (Fsp3) is 0.786. The average molecular weight is 236 g/mol. The maximum absolute atomic E-state index is 12.2. The van der Waals surface area contributed by atoms with Crippen molar-refractivity contribution in [2.24, 2.45) is 17.8 Å². The molecule has 2 fully saturated rings. The number of rotatable bonds is 2. The van der Waals surface area contributed by atoms with Gasteiger partial charge in [-0.3, -0.25) is 4.79 Å². The molecule has 3 heteroatoms. The molecule has 1 N–H and O–H groups in total. The molecule has 4 atom stereocenters. The Labute approximate surface area is 102 Å². The quantitative estimate of drug-likeness (QED) is 0.589. The highest BCUT2D eigenvalue weighted by atomic mass is 16.6. The minimum atomic E-state index is -0.357. The Hall–Kier alpha value is -0.830. The molecule has 4 unspecified atom stereocenters. The Kier molecular flexibility index (Phi) is 2.54. The van der Waals surface area contributed by atoms with Crippen molar-refractivity contribution < 1.29 is 14.6 Å². The molecule has 3 aliphatic rings. The van der Waals surface area contributed by atoms with Gasteiger partial charge in [-0.15, -0.1) is 0 Å². The molecule has 0 heterocycles. The number of hydrogen-bond donors (Lipinski definition) is 1. The van der Waals surface area contributed by atoms with Gasteiger partial charge in [-0.05, 0) is 39.0 Å². The summed E-state index contributed by atoms with van der Waals surface area (Å²) >= 11 is 0. The van der Waals surface area contributed by atoms with Crippen molar-refractivity contribution in [1.82, 2.24) is 0 Å². The molecule has 3 aliphatic carbocycles. The van der Waals surface area contributed by atoms with E-state index in [0.717, 1.165) is 32.1 Å². The summed E-state index contributed by atoms with van der Waals surface area (Å²) in [5, 5.41) is 9.90. The lowest BCUT2D eigenvalue weighted by Gasteiger charge is -2.27. The van der Waals surface area contributed by atoms with Crippen LogP contribution >= 0.6 is 0 Å². The number of ether oxygens (including phenoxy) is 1. The van der Waals surface area contributed by atoms with Crippen molar-refractivity contribution in [1.29, 1.82) is 0 Å². The summed E-state index contributed by atoms with van der Waals surface area (Å²) in [5.74, 6) is -0.0332. The molecule has 0 spiro atoms. The Morgan fingerprint density at radius 1 is 1.35 bits per heavy atom.